The number of aromatic nitrogens is 2. The smallest absolute Gasteiger partial charge is 0.263 e. The molecule has 0 bridgehead atoms. The van der Waals surface area contributed by atoms with Gasteiger partial charge in [0.15, 0.2) is 5.16 Å². The van der Waals surface area contributed by atoms with Gasteiger partial charge in [0.1, 0.15) is 10.6 Å². The van der Waals surface area contributed by atoms with E-state index in [-0.39, 0.29) is 11.3 Å². The van der Waals surface area contributed by atoms with Crippen LogP contribution in [-0.2, 0) is 28.9 Å². The zero-order valence-electron chi connectivity index (χ0n) is 13.4. The summed E-state index contributed by atoms with van der Waals surface area (Å²) < 4.78 is 6.79. The second-order valence-electron chi connectivity index (χ2n) is 5.73. The van der Waals surface area contributed by atoms with Crippen LogP contribution in [-0.4, -0.2) is 34.8 Å². The molecule has 124 valence electrons. The van der Waals surface area contributed by atoms with Gasteiger partial charge in [-0.15, -0.1) is 11.3 Å². The van der Waals surface area contributed by atoms with Crippen molar-refractivity contribution in [3.63, 3.8) is 0 Å². The number of Topliss-reactive ketones (excluding diaryl/α,β-unsaturated/α-hetero) is 1. The van der Waals surface area contributed by atoms with E-state index in [4.69, 9.17) is 9.72 Å². The minimum absolute atomic E-state index is 0.0116. The van der Waals surface area contributed by atoms with Crippen molar-refractivity contribution in [3.05, 3.63) is 20.8 Å². The Morgan fingerprint density at radius 1 is 1.39 bits per heavy atom. The van der Waals surface area contributed by atoms with E-state index in [1.807, 2.05) is 0 Å². The molecule has 7 heteroatoms. The molecule has 0 atom stereocenters. The second kappa shape index (κ2) is 7.15. The predicted octanol–water partition coefficient (Wildman–Crippen LogP) is 2.66. The van der Waals surface area contributed by atoms with Gasteiger partial charge in [0.25, 0.3) is 5.56 Å². The molecule has 0 saturated carbocycles. The standard InChI is InChI=1S/C16H20N2O3S2/c1-10(19)9-22-16-17-14-13(15(20)18(16)7-8-21-2)11-5-3-4-6-12(11)23-14/h3-9H2,1-2H3. The van der Waals surface area contributed by atoms with E-state index in [1.165, 1.54) is 28.6 Å². The first kappa shape index (κ1) is 16.7. The van der Waals surface area contributed by atoms with E-state index in [0.717, 1.165) is 29.5 Å². The van der Waals surface area contributed by atoms with E-state index < -0.39 is 0 Å². The van der Waals surface area contributed by atoms with Crippen molar-refractivity contribution >= 4 is 39.1 Å². The number of rotatable bonds is 6. The largest absolute Gasteiger partial charge is 0.383 e. The molecular weight excluding hydrogens is 332 g/mol. The summed E-state index contributed by atoms with van der Waals surface area (Å²) in [4.78, 5) is 31.1. The Balaban J connectivity index is 2.13. The predicted molar refractivity (Wildman–Crippen MR) is 93.8 cm³/mol. The zero-order valence-corrected chi connectivity index (χ0v) is 15.0. The number of carbonyl (C=O) groups is 1. The number of aryl methyl sites for hydroxylation is 2. The first-order chi connectivity index (χ1) is 11.1. The quantitative estimate of drug-likeness (QED) is 0.591. The maximum atomic E-state index is 13.0. The molecule has 1 aliphatic rings. The van der Waals surface area contributed by atoms with Gasteiger partial charge < -0.3 is 4.74 Å². The number of thioether (sulfide) groups is 1. The Hall–Kier alpha value is -1.18. The lowest BCUT2D eigenvalue weighted by molar-refractivity contribution is -0.114. The molecule has 0 saturated heterocycles. The molecule has 23 heavy (non-hydrogen) atoms. The van der Waals surface area contributed by atoms with Crippen LogP contribution in [0.1, 0.15) is 30.2 Å². The third kappa shape index (κ3) is 3.36. The number of thiophene rings is 1. The lowest BCUT2D eigenvalue weighted by Gasteiger charge is -2.12. The monoisotopic (exact) mass is 352 g/mol. The van der Waals surface area contributed by atoms with Crippen LogP contribution in [0.4, 0.5) is 0 Å². The minimum atomic E-state index is 0.0116. The fourth-order valence-corrected chi connectivity index (χ4v) is 5.00. The number of methoxy groups -OCH3 is 1. The van der Waals surface area contributed by atoms with Crippen LogP contribution >= 0.6 is 23.1 Å². The number of ketones is 1. The molecule has 0 spiro atoms. The third-order valence-corrected chi connectivity index (χ3v) is 6.27. The van der Waals surface area contributed by atoms with Crippen molar-refractivity contribution in [2.24, 2.45) is 0 Å². The minimum Gasteiger partial charge on any atom is -0.383 e. The summed E-state index contributed by atoms with van der Waals surface area (Å²) in [5.74, 6) is 0.406. The normalized spacial score (nSPS) is 14.2. The van der Waals surface area contributed by atoms with Gasteiger partial charge >= 0.3 is 0 Å². The van der Waals surface area contributed by atoms with Crippen LogP contribution in [0.25, 0.3) is 10.2 Å². The highest BCUT2D eigenvalue weighted by Crippen LogP contribution is 2.34. The Bertz CT molecular complexity index is 795. The molecule has 3 rings (SSSR count). The maximum Gasteiger partial charge on any atom is 0.263 e. The molecule has 0 radical (unpaired) electrons. The molecular formula is C16H20N2O3S2. The summed E-state index contributed by atoms with van der Waals surface area (Å²) in [6, 6.07) is 0. The van der Waals surface area contributed by atoms with Gasteiger partial charge in [-0.25, -0.2) is 4.98 Å². The molecule has 1 aliphatic carbocycles. The number of carbonyl (C=O) groups excluding carboxylic acids is 1. The van der Waals surface area contributed by atoms with Gasteiger partial charge in [-0.3, -0.25) is 14.2 Å². The highest BCUT2D eigenvalue weighted by molar-refractivity contribution is 7.99. The van der Waals surface area contributed by atoms with Crippen LogP contribution in [0.2, 0.25) is 0 Å². The third-order valence-electron chi connectivity index (χ3n) is 3.96. The number of hydrogen-bond donors (Lipinski definition) is 0. The Kier molecular flexibility index (Phi) is 5.18. The van der Waals surface area contributed by atoms with Crippen molar-refractivity contribution in [1.82, 2.24) is 9.55 Å². The molecule has 0 N–H and O–H groups in total. The van der Waals surface area contributed by atoms with E-state index in [9.17, 15) is 9.59 Å². The number of fused-ring (bicyclic) bond motifs is 3. The van der Waals surface area contributed by atoms with Crippen LogP contribution in [0, 0.1) is 0 Å². The molecule has 0 amide bonds. The van der Waals surface area contributed by atoms with Gasteiger partial charge in [-0.2, -0.15) is 0 Å². The fraction of sp³-hybridized carbons (Fsp3) is 0.562. The first-order valence-corrected chi connectivity index (χ1v) is 9.58. The van der Waals surface area contributed by atoms with E-state index in [2.05, 4.69) is 0 Å². The topological polar surface area (TPSA) is 61.2 Å². The average Bonchev–Trinajstić information content (AvgIpc) is 2.90. The average molecular weight is 352 g/mol. The Morgan fingerprint density at radius 2 is 2.17 bits per heavy atom. The fourth-order valence-electron chi connectivity index (χ4n) is 2.88. The van der Waals surface area contributed by atoms with Crippen molar-refractivity contribution in [3.8, 4) is 0 Å². The Labute approximate surface area is 143 Å². The summed E-state index contributed by atoms with van der Waals surface area (Å²) in [6.45, 7) is 2.46. The lowest BCUT2D eigenvalue weighted by atomic mass is 9.97. The lowest BCUT2D eigenvalue weighted by Crippen LogP contribution is -2.25. The highest BCUT2D eigenvalue weighted by Gasteiger charge is 2.22. The van der Waals surface area contributed by atoms with Gasteiger partial charge in [0.05, 0.1) is 24.3 Å². The summed E-state index contributed by atoms with van der Waals surface area (Å²) in [5, 5.41) is 1.40. The zero-order chi connectivity index (χ0) is 16.4. The molecule has 2 heterocycles. The number of hydrogen-bond acceptors (Lipinski definition) is 6. The van der Waals surface area contributed by atoms with E-state index in [0.29, 0.717) is 24.1 Å². The molecule has 2 aromatic rings. The molecule has 0 aromatic carbocycles. The summed E-state index contributed by atoms with van der Waals surface area (Å²) in [7, 11) is 1.62. The second-order valence-corrected chi connectivity index (χ2v) is 7.75. The molecule has 5 nitrogen and oxygen atoms in total. The van der Waals surface area contributed by atoms with Gasteiger partial charge in [-0.1, -0.05) is 11.8 Å². The highest BCUT2D eigenvalue weighted by atomic mass is 32.2. The number of nitrogens with zero attached hydrogens (tertiary/aromatic N) is 2. The Morgan fingerprint density at radius 3 is 2.91 bits per heavy atom. The maximum absolute atomic E-state index is 13.0. The van der Waals surface area contributed by atoms with Gasteiger partial charge in [-0.05, 0) is 38.2 Å². The molecule has 0 unspecified atom stereocenters. The van der Waals surface area contributed by atoms with E-state index in [1.54, 1.807) is 29.9 Å². The molecule has 0 aliphatic heterocycles. The van der Waals surface area contributed by atoms with Crippen molar-refractivity contribution in [2.45, 2.75) is 44.3 Å². The van der Waals surface area contributed by atoms with Crippen molar-refractivity contribution in [1.29, 1.82) is 0 Å². The molecule has 2 aromatic heterocycles. The SMILES string of the molecule is COCCn1c(SCC(C)=O)nc2sc3c(c2c1=O)CCCC3. The van der Waals surface area contributed by atoms with Crippen LogP contribution in [0.15, 0.2) is 9.95 Å². The van der Waals surface area contributed by atoms with E-state index >= 15 is 0 Å². The summed E-state index contributed by atoms with van der Waals surface area (Å²) in [6.07, 6.45) is 4.33. The summed E-state index contributed by atoms with van der Waals surface area (Å²) >= 11 is 2.97. The van der Waals surface area contributed by atoms with Gasteiger partial charge in [0.2, 0.25) is 0 Å². The van der Waals surface area contributed by atoms with Crippen molar-refractivity contribution in [2.75, 3.05) is 19.5 Å². The van der Waals surface area contributed by atoms with Crippen LogP contribution in [0.5, 0.6) is 0 Å². The van der Waals surface area contributed by atoms with Gasteiger partial charge in [0, 0.05) is 12.0 Å². The van der Waals surface area contributed by atoms with Crippen LogP contribution in [0.3, 0.4) is 0 Å². The van der Waals surface area contributed by atoms with Crippen molar-refractivity contribution < 1.29 is 9.53 Å². The summed E-state index contributed by atoms with van der Waals surface area (Å²) in [5.41, 5.74) is 1.21. The molecule has 0 fully saturated rings. The first-order valence-electron chi connectivity index (χ1n) is 7.78. The van der Waals surface area contributed by atoms with Crippen LogP contribution < -0.4 is 5.56 Å². The number of ether oxygens (including phenoxy) is 1.